The van der Waals surface area contributed by atoms with Crippen LogP contribution in [0.5, 0.6) is 11.5 Å². The predicted molar refractivity (Wildman–Crippen MR) is 92.4 cm³/mol. The molecular weight excluding hydrogens is 332 g/mol. The fourth-order valence-electron chi connectivity index (χ4n) is 2.75. The van der Waals surface area contributed by atoms with Gasteiger partial charge in [-0.2, -0.15) is 15.8 Å². The monoisotopic (exact) mass is 344 g/mol. The summed E-state index contributed by atoms with van der Waals surface area (Å²) in [6.07, 6.45) is 4.75. The number of nitriles is 3. The second-order valence-electron chi connectivity index (χ2n) is 5.19. The van der Waals surface area contributed by atoms with Crippen LogP contribution in [0.2, 0.25) is 0 Å². The topological polar surface area (TPSA) is 115 Å². The van der Waals surface area contributed by atoms with Gasteiger partial charge in [0.15, 0.2) is 5.57 Å². The lowest BCUT2D eigenvalue weighted by Gasteiger charge is -2.21. The zero-order valence-corrected chi connectivity index (χ0v) is 14.0. The summed E-state index contributed by atoms with van der Waals surface area (Å²) in [5.41, 5.74) is 1.85. The molecule has 1 aromatic carbocycles. The molecule has 0 spiro atoms. The van der Waals surface area contributed by atoms with Crippen molar-refractivity contribution in [3.05, 3.63) is 53.0 Å². The number of furan rings is 1. The quantitative estimate of drug-likeness (QED) is 0.850. The maximum Gasteiger partial charge on any atom is 0.154 e. The standard InChI is InChI=1S/C19H12N4O3/c1-24-16-7-15-13(5-6-26-15)19(25-2)17(16)14-4-3-11(8-20)18(23-14)12(9-21)10-22/h3-7,23H,1-2H3. The lowest BCUT2D eigenvalue weighted by atomic mass is 9.99. The van der Waals surface area contributed by atoms with Crippen LogP contribution < -0.4 is 14.8 Å². The molecule has 26 heavy (non-hydrogen) atoms. The van der Waals surface area contributed by atoms with E-state index < -0.39 is 0 Å². The summed E-state index contributed by atoms with van der Waals surface area (Å²) in [5, 5.41) is 31.4. The Labute approximate surface area is 149 Å². The molecule has 2 heterocycles. The van der Waals surface area contributed by atoms with Gasteiger partial charge in [-0.3, -0.25) is 0 Å². The molecule has 0 fully saturated rings. The minimum absolute atomic E-state index is 0.145. The van der Waals surface area contributed by atoms with Crippen LogP contribution in [0, 0.1) is 34.0 Å². The molecule has 126 valence electrons. The molecule has 0 bridgehead atoms. The van der Waals surface area contributed by atoms with E-state index in [2.05, 4.69) is 5.32 Å². The Kier molecular flexibility index (Phi) is 4.34. The second-order valence-corrected chi connectivity index (χ2v) is 5.19. The van der Waals surface area contributed by atoms with Crippen LogP contribution in [0.1, 0.15) is 5.56 Å². The summed E-state index contributed by atoms with van der Waals surface area (Å²) < 4.78 is 16.5. The minimum atomic E-state index is -0.189. The second kappa shape index (κ2) is 6.76. The lowest BCUT2D eigenvalue weighted by Crippen LogP contribution is -2.19. The first-order valence-electron chi connectivity index (χ1n) is 7.45. The summed E-state index contributed by atoms with van der Waals surface area (Å²) >= 11 is 0. The maximum atomic E-state index is 9.27. The van der Waals surface area contributed by atoms with Gasteiger partial charge in [0.25, 0.3) is 0 Å². The molecule has 1 N–H and O–H groups in total. The van der Waals surface area contributed by atoms with E-state index >= 15 is 0 Å². The van der Waals surface area contributed by atoms with Crippen LogP contribution in [-0.2, 0) is 0 Å². The normalized spacial score (nSPS) is 12.8. The van der Waals surface area contributed by atoms with Gasteiger partial charge in [0.2, 0.25) is 0 Å². The van der Waals surface area contributed by atoms with Gasteiger partial charge < -0.3 is 19.2 Å². The summed E-state index contributed by atoms with van der Waals surface area (Å²) in [7, 11) is 3.04. The van der Waals surface area contributed by atoms with Gasteiger partial charge in [-0.25, -0.2) is 0 Å². The van der Waals surface area contributed by atoms with Crippen molar-refractivity contribution in [1.82, 2.24) is 5.32 Å². The van der Waals surface area contributed by atoms with Gasteiger partial charge in [0.05, 0.1) is 48.4 Å². The fourth-order valence-corrected chi connectivity index (χ4v) is 2.75. The molecule has 1 aliphatic rings. The van der Waals surface area contributed by atoms with Gasteiger partial charge in [-0.1, -0.05) is 0 Å². The zero-order valence-electron chi connectivity index (χ0n) is 14.0. The average Bonchev–Trinajstić information content (AvgIpc) is 3.15. The highest BCUT2D eigenvalue weighted by Gasteiger charge is 2.24. The number of hydrogen-bond acceptors (Lipinski definition) is 7. The fraction of sp³-hybridized carbons (Fsp3) is 0.105. The van der Waals surface area contributed by atoms with E-state index in [1.165, 1.54) is 20.3 Å². The molecule has 0 saturated heterocycles. The number of ether oxygens (including phenoxy) is 2. The molecule has 1 aromatic heterocycles. The number of allylic oxidation sites excluding steroid dienone is 4. The molecule has 0 atom stereocenters. The number of rotatable bonds is 3. The van der Waals surface area contributed by atoms with Gasteiger partial charge in [0.1, 0.15) is 35.3 Å². The molecule has 1 aliphatic heterocycles. The number of hydrogen-bond donors (Lipinski definition) is 1. The van der Waals surface area contributed by atoms with Crippen molar-refractivity contribution in [3.63, 3.8) is 0 Å². The van der Waals surface area contributed by atoms with E-state index in [4.69, 9.17) is 13.9 Å². The molecule has 0 amide bonds. The Morgan fingerprint density at radius 3 is 2.50 bits per heavy atom. The van der Waals surface area contributed by atoms with Gasteiger partial charge in [-0.05, 0) is 18.2 Å². The third kappa shape index (κ3) is 2.53. The van der Waals surface area contributed by atoms with Crippen LogP contribution in [0.3, 0.4) is 0 Å². The van der Waals surface area contributed by atoms with Crippen molar-refractivity contribution in [1.29, 1.82) is 15.8 Å². The van der Waals surface area contributed by atoms with Gasteiger partial charge in [-0.15, -0.1) is 0 Å². The summed E-state index contributed by atoms with van der Waals surface area (Å²) in [6.45, 7) is 0. The van der Waals surface area contributed by atoms with Crippen LogP contribution in [0.4, 0.5) is 0 Å². The van der Waals surface area contributed by atoms with Crippen molar-refractivity contribution in [2.45, 2.75) is 0 Å². The summed E-state index contributed by atoms with van der Waals surface area (Å²) in [6, 6.07) is 9.06. The number of methoxy groups -OCH3 is 2. The Bertz CT molecular complexity index is 1100. The third-order valence-corrected chi connectivity index (χ3v) is 3.91. The summed E-state index contributed by atoms with van der Waals surface area (Å²) in [5.74, 6) is 0.988. The lowest BCUT2D eigenvalue weighted by molar-refractivity contribution is 0.394. The molecule has 3 rings (SSSR count). The van der Waals surface area contributed by atoms with Gasteiger partial charge >= 0.3 is 0 Å². The number of nitrogens with one attached hydrogen (secondary N) is 1. The molecule has 2 aromatic rings. The van der Waals surface area contributed by atoms with E-state index in [1.54, 1.807) is 36.6 Å². The molecule has 0 aliphatic carbocycles. The van der Waals surface area contributed by atoms with Crippen molar-refractivity contribution < 1.29 is 13.9 Å². The summed E-state index contributed by atoms with van der Waals surface area (Å²) in [4.78, 5) is 0. The number of nitrogens with zero attached hydrogens (tertiary/aromatic N) is 3. The molecule has 7 heteroatoms. The highest BCUT2D eigenvalue weighted by Crippen LogP contribution is 2.42. The van der Waals surface area contributed by atoms with E-state index in [0.29, 0.717) is 28.3 Å². The van der Waals surface area contributed by atoms with E-state index in [0.717, 1.165) is 5.39 Å². The zero-order chi connectivity index (χ0) is 18.7. The van der Waals surface area contributed by atoms with Crippen LogP contribution in [0.25, 0.3) is 16.7 Å². The first-order chi connectivity index (χ1) is 12.7. The Hall–Kier alpha value is -4.15. The minimum Gasteiger partial charge on any atom is -0.496 e. The third-order valence-electron chi connectivity index (χ3n) is 3.91. The molecule has 0 radical (unpaired) electrons. The molecule has 7 nitrogen and oxygen atoms in total. The van der Waals surface area contributed by atoms with Crippen molar-refractivity contribution in [2.75, 3.05) is 14.2 Å². The SMILES string of the molecule is COc1cc2occc2c(OC)c1C1=CC=C(C#N)C(=C(C#N)C#N)N1. The van der Waals surface area contributed by atoms with Crippen LogP contribution in [0.15, 0.2) is 51.8 Å². The first kappa shape index (κ1) is 16.7. The Morgan fingerprint density at radius 1 is 1.12 bits per heavy atom. The maximum absolute atomic E-state index is 9.27. The van der Waals surface area contributed by atoms with E-state index in [-0.39, 0.29) is 16.8 Å². The number of fused-ring (bicyclic) bond motifs is 1. The van der Waals surface area contributed by atoms with E-state index in [9.17, 15) is 15.8 Å². The highest BCUT2D eigenvalue weighted by atomic mass is 16.5. The first-order valence-corrected chi connectivity index (χ1v) is 7.45. The van der Waals surface area contributed by atoms with Crippen LogP contribution in [-0.4, -0.2) is 14.2 Å². The average molecular weight is 344 g/mol. The van der Waals surface area contributed by atoms with Gasteiger partial charge in [0, 0.05) is 6.07 Å². The van der Waals surface area contributed by atoms with E-state index in [1.807, 2.05) is 6.07 Å². The number of benzene rings is 1. The number of dihydropyridines is 1. The van der Waals surface area contributed by atoms with Crippen molar-refractivity contribution in [3.8, 4) is 29.7 Å². The van der Waals surface area contributed by atoms with Crippen molar-refractivity contribution in [2.24, 2.45) is 0 Å². The Morgan fingerprint density at radius 2 is 1.88 bits per heavy atom. The smallest absolute Gasteiger partial charge is 0.154 e. The molecule has 0 unspecified atom stereocenters. The van der Waals surface area contributed by atoms with Crippen molar-refractivity contribution >= 4 is 16.7 Å². The van der Waals surface area contributed by atoms with Crippen LogP contribution >= 0.6 is 0 Å². The molecular formula is C19H12N4O3. The molecule has 0 saturated carbocycles. The highest BCUT2D eigenvalue weighted by molar-refractivity contribution is 5.94. The predicted octanol–water partition coefficient (Wildman–Crippen LogP) is 3.15. The Balaban J connectivity index is 2.28. The largest absolute Gasteiger partial charge is 0.496 e.